The number of fused-ring (bicyclic) bond motifs is 1. The van der Waals surface area contributed by atoms with Crippen LogP contribution in [0.4, 0.5) is 10.5 Å². The standard InChI is InChI=1S/C20H23N3O3S/c1-20(2)8-7-15-13(11-20)16(18(24)25)17(27-15)12-5-3-4-6-14(12)22-9-10-23(21)19(22)26/h3-6H,7-11,21H2,1-2H3,(H,24,25). The molecule has 0 radical (unpaired) electrons. The minimum atomic E-state index is -0.900. The number of rotatable bonds is 3. The van der Waals surface area contributed by atoms with Gasteiger partial charge in [0, 0.05) is 17.0 Å². The van der Waals surface area contributed by atoms with Crippen LogP contribution in [-0.4, -0.2) is 35.2 Å². The molecule has 0 unspecified atom stereocenters. The summed E-state index contributed by atoms with van der Waals surface area (Å²) >= 11 is 1.56. The first-order valence-electron chi connectivity index (χ1n) is 9.09. The molecule has 0 spiro atoms. The van der Waals surface area contributed by atoms with E-state index in [1.54, 1.807) is 16.2 Å². The highest BCUT2D eigenvalue weighted by molar-refractivity contribution is 7.16. The normalized spacial score (nSPS) is 18.7. The molecule has 6 nitrogen and oxygen atoms in total. The van der Waals surface area contributed by atoms with Gasteiger partial charge in [0.1, 0.15) is 0 Å². The SMILES string of the molecule is CC1(C)CCc2sc(-c3ccccc3N3CCN(N)C3=O)c(C(=O)O)c2C1. The number of anilines is 1. The molecule has 142 valence electrons. The minimum Gasteiger partial charge on any atom is -0.478 e. The molecule has 1 aromatic carbocycles. The van der Waals surface area contributed by atoms with E-state index >= 15 is 0 Å². The topological polar surface area (TPSA) is 86.9 Å². The van der Waals surface area contributed by atoms with E-state index in [0.29, 0.717) is 18.7 Å². The van der Waals surface area contributed by atoms with Gasteiger partial charge in [-0.2, -0.15) is 0 Å². The number of hydrazine groups is 1. The predicted molar refractivity (Wildman–Crippen MR) is 106 cm³/mol. The van der Waals surface area contributed by atoms with Crippen LogP contribution in [0.25, 0.3) is 10.4 Å². The van der Waals surface area contributed by atoms with Gasteiger partial charge >= 0.3 is 12.0 Å². The fourth-order valence-corrected chi connectivity index (χ4v) is 5.36. The van der Waals surface area contributed by atoms with E-state index in [-0.39, 0.29) is 11.4 Å². The fourth-order valence-electron chi connectivity index (χ4n) is 4.01. The Morgan fingerprint density at radius 3 is 2.67 bits per heavy atom. The minimum absolute atomic E-state index is 0.0973. The van der Waals surface area contributed by atoms with Gasteiger partial charge in [0.2, 0.25) is 0 Å². The highest BCUT2D eigenvalue weighted by atomic mass is 32.1. The van der Waals surface area contributed by atoms with E-state index in [2.05, 4.69) is 13.8 Å². The van der Waals surface area contributed by atoms with Crippen molar-refractivity contribution in [2.24, 2.45) is 11.3 Å². The molecule has 1 saturated heterocycles. The van der Waals surface area contributed by atoms with Gasteiger partial charge < -0.3 is 5.11 Å². The van der Waals surface area contributed by atoms with Gasteiger partial charge in [-0.15, -0.1) is 11.3 Å². The summed E-state index contributed by atoms with van der Waals surface area (Å²) in [5, 5.41) is 11.2. The van der Waals surface area contributed by atoms with Crippen LogP contribution in [0.3, 0.4) is 0 Å². The van der Waals surface area contributed by atoms with E-state index in [1.807, 2.05) is 24.3 Å². The number of urea groups is 1. The van der Waals surface area contributed by atoms with Crippen LogP contribution in [0.1, 0.15) is 41.1 Å². The van der Waals surface area contributed by atoms with Crippen molar-refractivity contribution in [3.8, 4) is 10.4 Å². The van der Waals surface area contributed by atoms with Crippen molar-refractivity contribution < 1.29 is 14.7 Å². The number of carboxylic acid groups (broad SMARTS) is 1. The summed E-state index contributed by atoms with van der Waals surface area (Å²) in [5.41, 5.74) is 2.96. The number of aryl methyl sites for hydroxylation is 1. The van der Waals surface area contributed by atoms with Crippen molar-refractivity contribution in [2.75, 3.05) is 18.0 Å². The number of para-hydroxylation sites is 1. The second-order valence-electron chi connectivity index (χ2n) is 8.00. The van der Waals surface area contributed by atoms with Gasteiger partial charge in [-0.05, 0) is 36.3 Å². The Bertz CT molecular complexity index is 935. The summed E-state index contributed by atoms with van der Waals surface area (Å²) < 4.78 is 0. The first-order chi connectivity index (χ1) is 12.8. The largest absolute Gasteiger partial charge is 0.478 e. The maximum atomic E-state index is 12.4. The smallest absolute Gasteiger partial charge is 0.338 e. The lowest BCUT2D eigenvalue weighted by Gasteiger charge is -2.29. The number of amides is 2. The van der Waals surface area contributed by atoms with Crippen LogP contribution in [0.5, 0.6) is 0 Å². The Balaban J connectivity index is 1.87. The molecule has 2 amide bonds. The van der Waals surface area contributed by atoms with Crippen LogP contribution >= 0.6 is 11.3 Å². The highest BCUT2D eigenvalue weighted by Crippen LogP contribution is 2.47. The lowest BCUT2D eigenvalue weighted by molar-refractivity contribution is 0.0696. The van der Waals surface area contributed by atoms with Crippen LogP contribution < -0.4 is 10.7 Å². The van der Waals surface area contributed by atoms with Gasteiger partial charge in [-0.25, -0.2) is 15.4 Å². The van der Waals surface area contributed by atoms with Gasteiger partial charge in [0.25, 0.3) is 0 Å². The second-order valence-corrected chi connectivity index (χ2v) is 9.10. The Kier molecular flexibility index (Phi) is 4.24. The van der Waals surface area contributed by atoms with Crippen molar-refractivity contribution in [3.63, 3.8) is 0 Å². The lowest BCUT2D eigenvalue weighted by atomic mass is 9.76. The second kappa shape index (κ2) is 6.35. The third-order valence-corrected chi connectivity index (χ3v) is 6.79. The van der Waals surface area contributed by atoms with Gasteiger partial charge in [0.05, 0.1) is 22.7 Å². The average molecular weight is 385 g/mol. The number of carbonyl (C=O) groups is 2. The Hall–Kier alpha value is -2.38. The summed E-state index contributed by atoms with van der Waals surface area (Å²) in [4.78, 5) is 28.1. The maximum Gasteiger partial charge on any atom is 0.338 e. The number of carbonyl (C=O) groups excluding carboxylic acids is 1. The maximum absolute atomic E-state index is 12.4. The summed E-state index contributed by atoms with van der Waals surface area (Å²) in [7, 11) is 0. The Morgan fingerprint density at radius 2 is 2.00 bits per heavy atom. The molecular weight excluding hydrogens is 362 g/mol. The molecule has 2 aliphatic rings. The third kappa shape index (κ3) is 3.00. The molecule has 0 saturated carbocycles. The summed E-state index contributed by atoms with van der Waals surface area (Å²) in [6, 6.07) is 7.25. The van der Waals surface area contributed by atoms with Crippen molar-refractivity contribution in [3.05, 3.63) is 40.3 Å². The van der Waals surface area contributed by atoms with Crippen LogP contribution in [0.2, 0.25) is 0 Å². The molecule has 1 aromatic heterocycles. The van der Waals surface area contributed by atoms with Crippen LogP contribution in [0.15, 0.2) is 24.3 Å². The number of aromatic carboxylic acids is 1. The molecule has 2 heterocycles. The average Bonchev–Trinajstić information content (AvgIpc) is 3.14. The van der Waals surface area contributed by atoms with Crippen molar-refractivity contribution >= 4 is 29.0 Å². The number of thiophene rings is 1. The van der Waals surface area contributed by atoms with Crippen LogP contribution in [-0.2, 0) is 12.8 Å². The molecular formula is C20H23N3O3S. The van der Waals surface area contributed by atoms with Gasteiger partial charge in [0.15, 0.2) is 0 Å². The molecule has 4 rings (SSSR count). The van der Waals surface area contributed by atoms with Crippen LogP contribution in [0, 0.1) is 5.41 Å². The first-order valence-corrected chi connectivity index (χ1v) is 9.91. The van der Waals surface area contributed by atoms with Gasteiger partial charge in [-0.1, -0.05) is 32.0 Å². The summed E-state index contributed by atoms with van der Waals surface area (Å²) in [6.07, 6.45) is 2.71. The molecule has 0 atom stereocenters. The van der Waals surface area contributed by atoms with E-state index in [4.69, 9.17) is 5.84 Å². The number of nitrogens with zero attached hydrogens (tertiary/aromatic N) is 2. The third-order valence-electron chi connectivity index (χ3n) is 5.47. The number of nitrogens with two attached hydrogens (primary N) is 1. The highest BCUT2D eigenvalue weighted by Gasteiger charge is 2.35. The molecule has 0 bridgehead atoms. The molecule has 7 heteroatoms. The number of benzene rings is 1. The number of carboxylic acids is 1. The van der Waals surface area contributed by atoms with E-state index in [0.717, 1.165) is 45.8 Å². The number of hydrogen-bond acceptors (Lipinski definition) is 4. The Morgan fingerprint density at radius 1 is 1.26 bits per heavy atom. The molecule has 27 heavy (non-hydrogen) atoms. The van der Waals surface area contributed by atoms with E-state index < -0.39 is 5.97 Å². The summed E-state index contributed by atoms with van der Waals surface area (Å²) in [6.45, 7) is 5.32. The molecule has 1 aliphatic carbocycles. The zero-order chi connectivity index (χ0) is 19.3. The zero-order valence-corrected chi connectivity index (χ0v) is 16.3. The van der Waals surface area contributed by atoms with Gasteiger partial charge in [-0.3, -0.25) is 9.91 Å². The van der Waals surface area contributed by atoms with E-state index in [9.17, 15) is 14.7 Å². The lowest BCUT2D eigenvalue weighted by Crippen LogP contribution is -2.36. The molecule has 1 aliphatic heterocycles. The van der Waals surface area contributed by atoms with Crippen molar-refractivity contribution in [1.29, 1.82) is 0 Å². The van der Waals surface area contributed by atoms with Crippen molar-refractivity contribution in [1.82, 2.24) is 5.01 Å². The monoisotopic (exact) mass is 385 g/mol. The predicted octanol–water partition coefficient (Wildman–Crippen LogP) is 3.74. The summed E-state index contributed by atoms with van der Waals surface area (Å²) in [5.74, 6) is 4.83. The molecule has 1 fully saturated rings. The quantitative estimate of drug-likeness (QED) is 0.622. The number of hydrogen-bond donors (Lipinski definition) is 2. The Labute approximate surface area is 162 Å². The fraction of sp³-hybridized carbons (Fsp3) is 0.400. The first kappa shape index (κ1) is 18.0. The molecule has 3 N–H and O–H groups in total. The molecule has 2 aromatic rings. The van der Waals surface area contributed by atoms with Crippen molar-refractivity contribution in [2.45, 2.75) is 33.1 Å². The van der Waals surface area contributed by atoms with E-state index in [1.165, 1.54) is 5.01 Å². The zero-order valence-electron chi connectivity index (χ0n) is 15.5.